The van der Waals surface area contributed by atoms with Crippen LogP contribution in [0.25, 0.3) is 0 Å². The van der Waals surface area contributed by atoms with Crippen LogP contribution in [0.15, 0.2) is 11.4 Å². The molecule has 1 heterocycles. The van der Waals surface area contributed by atoms with E-state index in [0.29, 0.717) is 19.3 Å². The number of Topliss-reactive ketones (excluding diaryl/α,β-unsaturated/α-hetero) is 1. The van der Waals surface area contributed by atoms with Crippen molar-refractivity contribution in [1.82, 2.24) is 0 Å². The topological polar surface area (TPSA) is 17.1 Å². The number of carbonyl (C=O) groups is 1. The number of halogens is 3. The van der Waals surface area contributed by atoms with Crippen molar-refractivity contribution in [3.8, 4) is 0 Å². The zero-order valence-corrected chi connectivity index (χ0v) is 12.6. The van der Waals surface area contributed by atoms with Gasteiger partial charge in [-0.25, -0.2) is 0 Å². The highest BCUT2D eigenvalue weighted by atomic mass is 32.1. The van der Waals surface area contributed by atoms with Crippen molar-refractivity contribution in [3.05, 3.63) is 21.9 Å². The van der Waals surface area contributed by atoms with Gasteiger partial charge >= 0.3 is 6.18 Å². The fourth-order valence-corrected chi connectivity index (χ4v) is 4.89. The van der Waals surface area contributed by atoms with Gasteiger partial charge in [0.25, 0.3) is 0 Å². The molecule has 0 bridgehead atoms. The van der Waals surface area contributed by atoms with Crippen LogP contribution < -0.4 is 0 Å². The van der Waals surface area contributed by atoms with E-state index < -0.39 is 18.0 Å². The second-order valence-electron chi connectivity index (χ2n) is 6.19. The quantitative estimate of drug-likeness (QED) is 0.741. The summed E-state index contributed by atoms with van der Waals surface area (Å²) in [7, 11) is 0. The number of aryl methyl sites for hydroxylation is 1. The summed E-state index contributed by atoms with van der Waals surface area (Å²) < 4.78 is 39.6. The summed E-state index contributed by atoms with van der Waals surface area (Å²) >= 11 is 1.63. The lowest BCUT2D eigenvalue weighted by molar-refractivity contribution is -0.198. The first-order chi connectivity index (χ1) is 9.98. The molecule has 1 saturated carbocycles. The summed E-state index contributed by atoms with van der Waals surface area (Å²) in [6.07, 6.45) is 0.185. The Hall–Kier alpha value is -0.840. The second kappa shape index (κ2) is 5.75. The largest absolute Gasteiger partial charge is 0.392 e. The number of thiophene rings is 1. The van der Waals surface area contributed by atoms with E-state index in [1.807, 2.05) is 11.4 Å². The lowest BCUT2D eigenvalue weighted by Gasteiger charge is -2.35. The molecule has 1 nitrogen and oxygen atoms in total. The summed E-state index contributed by atoms with van der Waals surface area (Å²) in [6.45, 7) is 0. The first-order valence-electron chi connectivity index (χ1n) is 7.65. The van der Waals surface area contributed by atoms with E-state index in [-0.39, 0.29) is 18.1 Å². The zero-order valence-electron chi connectivity index (χ0n) is 11.8. The molecule has 3 atom stereocenters. The van der Waals surface area contributed by atoms with Gasteiger partial charge in [0, 0.05) is 16.7 Å². The molecule has 0 N–H and O–H groups in total. The Kier molecular flexibility index (Phi) is 4.12. The van der Waals surface area contributed by atoms with Crippen molar-refractivity contribution in [2.75, 3.05) is 0 Å². The Bertz CT molecular complexity index is 520. The Labute approximate surface area is 126 Å². The van der Waals surface area contributed by atoms with Gasteiger partial charge in [-0.2, -0.15) is 13.2 Å². The minimum Gasteiger partial charge on any atom is -0.299 e. The van der Waals surface area contributed by atoms with Gasteiger partial charge in [0.2, 0.25) is 0 Å². The molecular weight excluding hydrogens is 297 g/mol. The highest BCUT2D eigenvalue weighted by molar-refractivity contribution is 7.10. The monoisotopic (exact) mass is 316 g/mol. The Morgan fingerprint density at radius 3 is 2.67 bits per heavy atom. The third kappa shape index (κ3) is 2.89. The summed E-state index contributed by atoms with van der Waals surface area (Å²) in [5, 5.41) is 1.96. The van der Waals surface area contributed by atoms with E-state index in [1.165, 1.54) is 4.88 Å². The molecule has 0 aliphatic heterocycles. The maximum absolute atomic E-state index is 13.2. The van der Waals surface area contributed by atoms with Crippen LogP contribution in [0.4, 0.5) is 13.2 Å². The van der Waals surface area contributed by atoms with Gasteiger partial charge in [0.15, 0.2) is 0 Å². The van der Waals surface area contributed by atoms with E-state index in [4.69, 9.17) is 0 Å². The van der Waals surface area contributed by atoms with Gasteiger partial charge in [0.1, 0.15) is 5.78 Å². The lowest BCUT2D eigenvalue weighted by Crippen LogP contribution is -2.39. The molecule has 1 aromatic rings. The number of carbonyl (C=O) groups excluding carboxylic acids is 1. The molecule has 3 unspecified atom stereocenters. The summed E-state index contributed by atoms with van der Waals surface area (Å²) in [5.41, 5.74) is 1.00. The number of fused-ring (bicyclic) bond motifs is 1. The third-order valence-electron chi connectivity index (χ3n) is 4.95. The highest BCUT2D eigenvalue weighted by Crippen LogP contribution is 2.46. The molecule has 21 heavy (non-hydrogen) atoms. The van der Waals surface area contributed by atoms with Crippen molar-refractivity contribution in [2.45, 2.75) is 57.0 Å². The van der Waals surface area contributed by atoms with Gasteiger partial charge < -0.3 is 0 Å². The summed E-state index contributed by atoms with van der Waals surface area (Å²) in [5.74, 6) is -2.71. The molecule has 2 aliphatic carbocycles. The van der Waals surface area contributed by atoms with Gasteiger partial charge in [0.05, 0.1) is 5.92 Å². The molecule has 5 heteroatoms. The normalized spacial score (nSPS) is 30.0. The number of hydrogen-bond donors (Lipinski definition) is 0. The molecule has 2 aliphatic rings. The van der Waals surface area contributed by atoms with Crippen LogP contribution >= 0.6 is 11.3 Å². The fraction of sp³-hybridized carbons (Fsp3) is 0.688. The van der Waals surface area contributed by atoms with E-state index in [0.717, 1.165) is 24.8 Å². The highest BCUT2D eigenvalue weighted by Gasteiger charge is 2.49. The molecule has 0 spiro atoms. The van der Waals surface area contributed by atoms with Gasteiger partial charge in [-0.15, -0.1) is 11.3 Å². The van der Waals surface area contributed by atoms with Crippen LogP contribution in [0.2, 0.25) is 0 Å². The van der Waals surface area contributed by atoms with E-state index in [2.05, 4.69) is 0 Å². The van der Waals surface area contributed by atoms with Crippen LogP contribution in [0, 0.1) is 11.8 Å². The van der Waals surface area contributed by atoms with E-state index in [9.17, 15) is 18.0 Å². The first kappa shape index (κ1) is 15.1. The minimum atomic E-state index is -4.24. The first-order valence-corrected chi connectivity index (χ1v) is 8.53. The number of rotatable bonds is 2. The minimum absolute atomic E-state index is 0.114. The number of ketones is 1. The predicted molar refractivity (Wildman–Crippen MR) is 76.5 cm³/mol. The molecule has 116 valence electrons. The van der Waals surface area contributed by atoms with Crippen molar-refractivity contribution < 1.29 is 18.0 Å². The van der Waals surface area contributed by atoms with Crippen LogP contribution in [0.3, 0.4) is 0 Å². The maximum atomic E-state index is 13.2. The van der Waals surface area contributed by atoms with Crippen LogP contribution in [-0.2, 0) is 11.2 Å². The van der Waals surface area contributed by atoms with Gasteiger partial charge in [-0.3, -0.25) is 4.79 Å². The third-order valence-corrected chi connectivity index (χ3v) is 5.94. The number of alkyl halides is 3. The van der Waals surface area contributed by atoms with Crippen molar-refractivity contribution in [1.29, 1.82) is 0 Å². The van der Waals surface area contributed by atoms with Gasteiger partial charge in [-0.05, 0) is 49.1 Å². The molecule has 0 aromatic carbocycles. The molecule has 3 rings (SSSR count). The van der Waals surface area contributed by atoms with Crippen LogP contribution in [0.1, 0.15) is 54.9 Å². The molecule has 0 saturated heterocycles. The lowest BCUT2D eigenvalue weighted by atomic mass is 9.70. The summed E-state index contributed by atoms with van der Waals surface area (Å²) in [6, 6.07) is 1.94. The van der Waals surface area contributed by atoms with Crippen molar-refractivity contribution >= 4 is 17.1 Å². The van der Waals surface area contributed by atoms with E-state index in [1.54, 1.807) is 11.3 Å². The average molecular weight is 316 g/mol. The molecular formula is C16H19F3OS. The van der Waals surface area contributed by atoms with Crippen LogP contribution in [-0.4, -0.2) is 12.0 Å². The Morgan fingerprint density at radius 1 is 1.14 bits per heavy atom. The molecule has 1 aromatic heterocycles. The predicted octanol–water partition coefficient (Wildman–Crippen LogP) is 5.11. The average Bonchev–Trinajstić information content (AvgIpc) is 2.94. The van der Waals surface area contributed by atoms with Crippen molar-refractivity contribution in [3.63, 3.8) is 0 Å². The smallest absolute Gasteiger partial charge is 0.299 e. The number of hydrogen-bond acceptors (Lipinski definition) is 2. The standard InChI is InChI=1S/C16H19F3OS/c17-16(18,19)13-6-2-1-4-12(13)15(20)11-5-3-7-14-10(11)8-9-21-14/h8-9,11-13H,1-7H2. The second-order valence-corrected chi connectivity index (χ2v) is 7.19. The zero-order chi connectivity index (χ0) is 15.0. The Balaban J connectivity index is 1.85. The SMILES string of the molecule is O=C(C1CCCc2sccc21)C1CCCCC1C(F)(F)F. The molecule has 0 amide bonds. The van der Waals surface area contributed by atoms with Crippen LogP contribution in [0.5, 0.6) is 0 Å². The molecule has 1 fully saturated rings. The fourth-order valence-electron chi connectivity index (χ4n) is 3.90. The maximum Gasteiger partial charge on any atom is 0.392 e. The van der Waals surface area contributed by atoms with Crippen molar-refractivity contribution in [2.24, 2.45) is 11.8 Å². The summed E-state index contributed by atoms with van der Waals surface area (Å²) in [4.78, 5) is 14.0. The Morgan fingerprint density at radius 2 is 1.90 bits per heavy atom. The van der Waals surface area contributed by atoms with E-state index >= 15 is 0 Å². The molecule has 0 radical (unpaired) electrons. The van der Waals surface area contributed by atoms with Gasteiger partial charge in [-0.1, -0.05) is 12.8 Å².